The topological polar surface area (TPSA) is 611 Å². The number of unbranched alkanes of at least 4 members (excludes halogenated alkanes) is 3. The molecule has 8 rings (SSSR count). The molecule has 3 aliphatic heterocycles. The van der Waals surface area contributed by atoms with Crippen molar-refractivity contribution >= 4 is 82.1 Å². The average Bonchev–Trinajstić information content (AvgIpc) is 1.57. The van der Waals surface area contributed by atoms with Crippen molar-refractivity contribution in [3.8, 4) is 11.4 Å². The van der Waals surface area contributed by atoms with Gasteiger partial charge in [0.25, 0.3) is 17.4 Å². The Balaban J connectivity index is 0.651. The molecule has 0 saturated heterocycles. The highest BCUT2D eigenvalue weighted by molar-refractivity contribution is 6.13. The van der Waals surface area contributed by atoms with Crippen LogP contribution in [0.3, 0.4) is 0 Å². The summed E-state index contributed by atoms with van der Waals surface area (Å²) in [6.45, 7) is 13.7. The lowest BCUT2D eigenvalue weighted by atomic mass is 9.81. The van der Waals surface area contributed by atoms with Gasteiger partial charge in [-0.3, -0.25) is 43.3 Å². The molecule has 45 nitrogen and oxygen atoms in total. The molecule has 0 unspecified atom stereocenters. The lowest BCUT2D eigenvalue weighted by molar-refractivity contribution is -0.172. The van der Waals surface area contributed by atoms with Gasteiger partial charge < -0.3 is 155 Å². The molecule has 0 bridgehead atoms. The fourth-order valence-electron chi connectivity index (χ4n) is 15.4. The van der Waals surface area contributed by atoms with Gasteiger partial charge in [0.05, 0.1) is 206 Å². The third-order valence-corrected chi connectivity index (χ3v) is 23.1. The lowest BCUT2D eigenvalue weighted by Gasteiger charge is -2.31. The average molecular weight is 1970 g/mol. The van der Waals surface area contributed by atoms with Crippen molar-refractivity contribution in [3.05, 3.63) is 104 Å². The van der Waals surface area contributed by atoms with E-state index in [9.17, 15) is 83.1 Å². The summed E-state index contributed by atoms with van der Waals surface area (Å²) in [5, 5.41) is 83.8. The number of primary amides is 1. The van der Waals surface area contributed by atoms with E-state index in [-0.39, 0.29) is 140 Å². The highest BCUT2D eigenvalue weighted by Crippen LogP contribution is 2.46. The predicted octanol–water partition coefficient (Wildman–Crippen LogP) is 0.0345. The van der Waals surface area contributed by atoms with Gasteiger partial charge >= 0.3 is 24.1 Å². The third-order valence-electron chi connectivity index (χ3n) is 23.1. The minimum absolute atomic E-state index is 0.00628. The molecule has 1 aliphatic carbocycles. The second kappa shape index (κ2) is 62.0. The van der Waals surface area contributed by atoms with Crippen LogP contribution in [0.15, 0.2) is 53.3 Å². The largest absolute Gasteiger partial charge is 0.458 e. The number of cyclic esters (lactones) is 1. The fourth-order valence-corrected chi connectivity index (χ4v) is 15.4. The van der Waals surface area contributed by atoms with Crippen LogP contribution in [-0.4, -0.2) is 351 Å². The van der Waals surface area contributed by atoms with E-state index in [0.29, 0.717) is 221 Å². The Morgan fingerprint density at radius 2 is 1.12 bits per heavy atom. The summed E-state index contributed by atoms with van der Waals surface area (Å²) in [4.78, 5) is 164. The van der Waals surface area contributed by atoms with Crippen LogP contribution in [-0.2, 0) is 136 Å². The van der Waals surface area contributed by atoms with Crippen molar-refractivity contribution in [3.63, 3.8) is 0 Å². The molecule has 5 heterocycles. The van der Waals surface area contributed by atoms with Crippen LogP contribution in [0.2, 0.25) is 0 Å². The molecule has 774 valence electrons. The van der Waals surface area contributed by atoms with E-state index in [1.54, 1.807) is 58.0 Å². The smallest absolute Gasteiger partial charge is 0.407 e. The molecule has 17 N–H and O–H groups in total. The van der Waals surface area contributed by atoms with Gasteiger partial charge in [0, 0.05) is 86.0 Å². The summed E-state index contributed by atoms with van der Waals surface area (Å²) in [6, 6.07) is 3.42. The van der Waals surface area contributed by atoms with E-state index >= 15 is 4.39 Å². The molecule has 9 atom stereocenters. The van der Waals surface area contributed by atoms with Crippen LogP contribution in [0.1, 0.15) is 143 Å². The van der Waals surface area contributed by atoms with E-state index in [4.69, 9.17) is 82.1 Å². The van der Waals surface area contributed by atoms with Crippen molar-refractivity contribution < 1.29 is 154 Å². The van der Waals surface area contributed by atoms with E-state index in [0.717, 1.165) is 4.90 Å². The first-order valence-corrected chi connectivity index (χ1v) is 47.2. The molecule has 46 heteroatoms. The summed E-state index contributed by atoms with van der Waals surface area (Å²) in [5.41, 5.74) is 7.09. The molecule has 0 saturated carbocycles. The number of imide groups is 1. The van der Waals surface area contributed by atoms with Crippen molar-refractivity contribution in [2.45, 2.75) is 185 Å². The van der Waals surface area contributed by atoms with E-state index < -0.39 is 144 Å². The first-order valence-electron chi connectivity index (χ1n) is 47.2. The van der Waals surface area contributed by atoms with Gasteiger partial charge in [0.2, 0.25) is 29.5 Å². The molecule has 139 heavy (non-hydrogen) atoms. The number of fused-ring (bicyclic) bond motifs is 5. The number of nitrogens with two attached hydrogens (primary N) is 1. The predicted molar refractivity (Wildman–Crippen MR) is 494 cm³/mol. The van der Waals surface area contributed by atoms with Crippen LogP contribution in [0.25, 0.3) is 22.3 Å². The second-order valence-corrected chi connectivity index (χ2v) is 33.5. The zero-order valence-electron chi connectivity index (χ0n) is 79.4. The van der Waals surface area contributed by atoms with Crippen molar-refractivity contribution in [1.29, 1.82) is 0 Å². The Labute approximate surface area is 804 Å². The number of aromatic nitrogens is 2. The Bertz CT molecular complexity index is 4670. The molecule has 0 spiro atoms. The molecule has 4 aliphatic rings. The summed E-state index contributed by atoms with van der Waals surface area (Å²) < 4.78 is 94.3. The summed E-state index contributed by atoms with van der Waals surface area (Å²) in [6.07, 6.45) is -2.23. The molecule has 2 aromatic heterocycles. The number of amides is 12. The maximum atomic E-state index is 15.6. The first kappa shape index (κ1) is 114. The number of esters is 1. The van der Waals surface area contributed by atoms with Crippen LogP contribution in [0, 0.1) is 18.7 Å². The minimum Gasteiger partial charge on any atom is -0.458 e. The highest BCUT2D eigenvalue weighted by atomic mass is 19.1. The number of aryl methyl sites for hydroxylation is 1. The number of hydrogen-bond donors (Lipinski definition) is 16. The number of carbonyl (C=O) groups excluding carboxylic acids is 11. The quantitative estimate of drug-likeness (QED) is 0.0139. The number of nitrogens with one attached hydrogen (secondary N) is 9. The number of ether oxygens (including phenoxy) is 14. The SMILES string of the molecule is CC[C@@]1(O)C(=O)OCc2c1cc1n(c2=O)Cc2c-1nc1cc(F)c(C)c3c1c2[C@@H](NC(=O)OCc1ccc(NC(=O)[C@H](CCCNC(N)=O)NC(=O)[C@@H](NC(=O)[C@H](CCCCNC(=O)CCOCCOCCOCCOCCOCCOCCOCCOCCOCCOCCOCCOCCNC(=O)NC[C@H](O)[C@@H](O)[C@H](O)[C@H](O)CO)NC(=O)CCCCCN2C(=O)C=CC2=O)C(C)C)cc1)CC3. The van der Waals surface area contributed by atoms with Gasteiger partial charge in [0.15, 0.2) is 5.60 Å². The highest BCUT2D eigenvalue weighted by Gasteiger charge is 2.47. The zero-order chi connectivity index (χ0) is 100. The number of hydrogen-bond acceptors (Lipinski definition) is 33. The molecular weight excluding hydrogens is 1830 g/mol. The molecular formula is C93H138FN13O32. The minimum atomic E-state index is -2.08. The number of anilines is 1. The maximum absolute atomic E-state index is 15.6. The molecule has 2 aromatic carbocycles. The number of rotatable bonds is 72. The van der Waals surface area contributed by atoms with Crippen molar-refractivity contribution in [2.75, 3.05) is 203 Å². The number of nitrogens with zero attached hydrogens (tertiary/aromatic N) is 3. The summed E-state index contributed by atoms with van der Waals surface area (Å²) >= 11 is 0. The van der Waals surface area contributed by atoms with E-state index in [2.05, 4.69) is 47.9 Å². The van der Waals surface area contributed by atoms with Gasteiger partial charge in [-0.05, 0) is 118 Å². The number of pyridine rings is 2. The van der Waals surface area contributed by atoms with Gasteiger partial charge in [-0.25, -0.2) is 28.6 Å². The number of halogens is 1. The van der Waals surface area contributed by atoms with Crippen LogP contribution >= 0.6 is 0 Å². The monoisotopic (exact) mass is 1970 g/mol. The summed E-state index contributed by atoms with van der Waals surface area (Å²) in [5.74, 6) is -5.61. The number of aliphatic hydroxyl groups excluding tert-OH is 5. The normalized spacial score (nSPS) is 16.2. The Morgan fingerprint density at radius 1 is 0.583 bits per heavy atom. The number of benzene rings is 2. The van der Waals surface area contributed by atoms with Gasteiger partial charge in [-0.2, -0.15) is 0 Å². The number of aliphatic hydroxyl groups is 6. The molecule has 0 fully saturated rings. The van der Waals surface area contributed by atoms with Crippen LogP contribution in [0.5, 0.6) is 0 Å². The Kier molecular flexibility index (Phi) is 50.7. The molecule has 12 amide bonds. The first-order chi connectivity index (χ1) is 67.0. The number of carbonyl (C=O) groups is 11. The zero-order valence-corrected chi connectivity index (χ0v) is 79.4. The van der Waals surface area contributed by atoms with Crippen molar-refractivity contribution in [1.82, 2.24) is 57.0 Å². The van der Waals surface area contributed by atoms with Crippen LogP contribution in [0.4, 0.5) is 24.5 Å². The van der Waals surface area contributed by atoms with E-state index in [1.165, 1.54) is 22.8 Å². The number of alkyl carbamates (subject to hydrolysis) is 1. The van der Waals surface area contributed by atoms with E-state index in [1.807, 2.05) is 0 Å². The van der Waals surface area contributed by atoms with Crippen LogP contribution < -0.4 is 59.1 Å². The maximum Gasteiger partial charge on any atom is 0.407 e. The third kappa shape index (κ3) is 37.8. The molecule has 0 radical (unpaired) electrons. The van der Waals surface area contributed by atoms with Crippen molar-refractivity contribution in [2.24, 2.45) is 11.7 Å². The standard InChI is InChI=1S/C93H138FN13O32/c1-5-93(125)66-52-72-82-64(55-107(72)88(120)65(66)58-138-89(93)121)80-68(20-19-63-60(4)67(94)53-71(102-82)79(63)80)104-92(124)139-57-61-15-17-62(18-16-61)100-85(117)70(13-11-25-97-90(95)122)103-87(119)81(59(2)3)105-86(118)69(101-76(112)14-7-6-10-27-106-77(113)21-22-78(106)114)12-8-9-24-96-75(111)23-28-126-30-32-128-34-36-130-38-40-132-42-44-134-46-48-136-50-51-137-49-47-135-45-43-133-41-39-131-37-35-129-33-31-127-29-26-98-91(123)99-54-73(109)83(115)84(116)74(110)56-108/h15-18,21-22,52-53,59,68-70,73-74,81,83-84,108-110,115-116,125H,5-14,19-20,23-51,54-58H2,1-4H3,(H,96,111)(H,100,117)(H,101,112)(H,103,119)(H,104,124)(H,105,118)(H3,95,97,122)(H2,98,99,123)/t68-,69-,70-,73-,74+,81-,83+,84+,93-/m0/s1. The van der Waals surface area contributed by atoms with Gasteiger partial charge in [-0.15, -0.1) is 0 Å². The van der Waals surface area contributed by atoms with Gasteiger partial charge in [0.1, 0.15) is 55.5 Å². The Morgan fingerprint density at radius 3 is 1.68 bits per heavy atom. The lowest BCUT2D eigenvalue weighted by Crippen LogP contribution is -2.57. The number of urea groups is 2. The fraction of sp³-hybridized carbons (Fsp3) is 0.645. The van der Waals surface area contributed by atoms with Gasteiger partial charge in [-0.1, -0.05) is 39.3 Å². The Hall–Kier alpha value is -10.5. The second-order valence-electron chi connectivity index (χ2n) is 33.5. The summed E-state index contributed by atoms with van der Waals surface area (Å²) in [7, 11) is 0. The molecule has 4 aromatic rings.